The summed E-state index contributed by atoms with van der Waals surface area (Å²) < 4.78 is 1.93. The first-order chi connectivity index (χ1) is 12.7. The molecule has 3 N–H and O–H groups in total. The molecule has 1 unspecified atom stereocenters. The van der Waals surface area contributed by atoms with E-state index in [1.54, 1.807) is 18.5 Å². The molecule has 8 nitrogen and oxygen atoms in total. The number of hydrogen-bond acceptors (Lipinski definition) is 7. The van der Waals surface area contributed by atoms with E-state index in [-0.39, 0.29) is 12.6 Å². The molecule has 0 bridgehead atoms. The van der Waals surface area contributed by atoms with E-state index in [1.165, 1.54) is 0 Å². The zero-order valence-electron chi connectivity index (χ0n) is 14.8. The monoisotopic (exact) mass is 351 g/mol. The Balaban J connectivity index is 2.04. The van der Waals surface area contributed by atoms with E-state index in [2.05, 4.69) is 31.7 Å². The Morgan fingerprint density at radius 3 is 2.85 bits per heavy atom. The Hall–Kier alpha value is -3.18. The second-order valence-electron chi connectivity index (χ2n) is 5.85. The number of nitriles is 1. The topological polar surface area (TPSA) is 112 Å². The van der Waals surface area contributed by atoms with Crippen LogP contribution in [0.5, 0.6) is 0 Å². The molecular formula is C18H21N7O. The molecule has 134 valence electrons. The number of fused-ring (bicyclic) bond motifs is 1. The number of aliphatic hydroxyl groups excluding tert-OH is 1. The highest BCUT2D eigenvalue weighted by Crippen LogP contribution is 2.25. The molecule has 0 saturated heterocycles. The number of nitrogens with zero attached hydrogens (tertiary/aromatic N) is 5. The van der Waals surface area contributed by atoms with Crippen LogP contribution in [0.1, 0.15) is 25.8 Å². The zero-order valence-corrected chi connectivity index (χ0v) is 14.8. The molecular weight excluding hydrogens is 330 g/mol. The van der Waals surface area contributed by atoms with Gasteiger partial charge in [0.2, 0.25) is 5.95 Å². The van der Waals surface area contributed by atoms with Crippen LogP contribution in [0.25, 0.3) is 11.2 Å². The molecule has 2 heterocycles. The number of hydrogen-bond donors (Lipinski definition) is 3. The lowest BCUT2D eigenvalue weighted by Crippen LogP contribution is -2.24. The Labute approximate surface area is 151 Å². The van der Waals surface area contributed by atoms with Crippen molar-refractivity contribution in [3.05, 3.63) is 36.2 Å². The van der Waals surface area contributed by atoms with Crippen molar-refractivity contribution in [2.45, 2.75) is 32.9 Å². The van der Waals surface area contributed by atoms with Crippen LogP contribution in [0, 0.1) is 11.3 Å². The van der Waals surface area contributed by atoms with Gasteiger partial charge in [0.1, 0.15) is 0 Å². The second-order valence-corrected chi connectivity index (χ2v) is 5.85. The Morgan fingerprint density at radius 2 is 2.15 bits per heavy atom. The first kappa shape index (κ1) is 17.6. The van der Waals surface area contributed by atoms with Gasteiger partial charge < -0.3 is 20.3 Å². The van der Waals surface area contributed by atoms with Gasteiger partial charge in [-0.15, -0.1) is 0 Å². The van der Waals surface area contributed by atoms with Crippen LogP contribution in [0.4, 0.5) is 17.5 Å². The van der Waals surface area contributed by atoms with Crippen molar-refractivity contribution < 1.29 is 5.11 Å². The van der Waals surface area contributed by atoms with E-state index in [0.29, 0.717) is 28.5 Å². The van der Waals surface area contributed by atoms with Gasteiger partial charge in [0.15, 0.2) is 17.0 Å². The highest BCUT2D eigenvalue weighted by atomic mass is 16.3. The van der Waals surface area contributed by atoms with Crippen LogP contribution in [0.2, 0.25) is 0 Å². The second kappa shape index (κ2) is 7.80. The molecule has 0 saturated carbocycles. The van der Waals surface area contributed by atoms with Gasteiger partial charge in [-0.3, -0.25) is 0 Å². The summed E-state index contributed by atoms with van der Waals surface area (Å²) >= 11 is 0. The van der Waals surface area contributed by atoms with Crippen molar-refractivity contribution in [3.8, 4) is 6.07 Å². The van der Waals surface area contributed by atoms with Gasteiger partial charge in [-0.1, -0.05) is 13.0 Å². The molecule has 0 amide bonds. The van der Waals surface area contributed by atoms with E-state index in [0.717, 1.165) is 18.7 Å². The lowest BCUT2D eigenvalue weighted by molar-refractivity contribution is 0.271. The number of benzene rings is 1. The van der Waals surface area contributed by atoms with Crippen LogP contribution in [0.15, 0.2) is 30.6 Å². The van der Waals surface area contributed by atoms with E-state index >= 15 is 0 Å². The van der Waals surface area contributed by atoms with Crippen LogP contribution in [-0.2, 0) is 6.54 Å². The summed E-state index contributed by atoms with van der Waals surface area (Å²) in [6.07, 6.45) is 2.47. The predicted molar refractivity (Wildman–Crippen MR) is 100 cm³/mol. The lowest BCUT2D eigenvalue weighted by atomic mass is 10.2. The summed E-state index contributed by atoms with van der Waals surface area (Å²) in [5.74, 6) is 0.972. The van der Waals surface area contributed by atoms with Crippen molar-refractivity contribution in [2.24, 2.45) is 0 Å². The SMILES string of the molecule is CCC(CO)Nc1nc(Nc2cccc(C#N)c2)c2ncn(CC)c2n1. The molecule has 2 aromatic heterocycles. The molecule has 3 rings (SSSR count). The molecule has 3 aromatic rings. The number of aryl methyl sites for hydroxylation is 1. The van der Waals surface area contributed by atoms with Crippen molar-refractivity contribution in [2.75, 3.05) is 17.2 Å². The van der Waals surface area contributed by atoms with Gasteiger partial charge in [0, 0.05) is 12.2 Å². The fraction of sp³-hybridized carbons (Fsp3) is 0.333. The minimum atomic E-state index is -0.125. The van der Waals surface area contributed by atoms with E-state index in [9.17, 15) is 5.11 Å². The third kappa shape index (κ3) is 3.58. The first-order valence-electron chi connectivity index (χ1n) is 8.55. The number of imidazole rings is 1. The fourth-order valence-electron chi connectivity index (χ4n) is 2.59. The summed E-state index contributed by atoms with van der Waals surface area (Å²) in [5.41, 5.74) is 2.66. The van der Waals surface area contributed by atoms with Gasteiger partial charge in [0.25, 0.3) is 0 Å². The summed E-state index contributed by atoms with van der Waals surface area (Å²) in [6, 6.07) is 9.16. The average molecular weight is 351 g/mol. The fourth-order valence-corrected chi connectivity index (χ4v) is 2.59. The molecule has 0 spiro atoms. The molecule has 26 heavy (non-hydrogen) atoms. The largest absolute Gasteiger partial charge is 0.394 e. The Bertz CT molecular complexity index is 940. The van der Waals surface area contributed by atoms with Crippen molar-refractivity contribution in [1.82, 2.24) is 19.5 Å². The van der Waals surface area contributed by atoms with Crippen molar-refractivity contribution in [3.63, 3.8) is 0 Å². The summed E-state index contributed by atoms with van der Waals surface area (Å²) in [4.78, 5) is 13.5. The molecule has 0 aliphatic rings. The van der Waals surface area contributed by atoms with Gasteiger partial charge in [-0.05, 0) is 31.5 Å². The maximum absolute atomic E-state index is 9.44. The Kier molecular flexibility index (Phi) is 5.29. The molecule has 0 fully saturated rings. The summed E-state index contributed by atoms with van der Waals surface area (Å²) in [7, 11) is 0. The van der Waals surface area contributed by atoms with E-state index in [1.807, 2.05) is 30.5 Å². The highest BCUT2D eigenvalue weighted by molar-refractivity contribution is 5.86. The normalized spacial score (nSPS) is 11.9. The van der Waals surface area contributed by atoms with Crippen LogP contribution >= 0.6 is 0 Å². The third-order valence-corrected chi connectivity index (χ3v) is 4.11. The summed E-state index contributed by atoms with van der Waals surface area (Å²) in [5, 5.41) is 24.9. The summed E-state index contributed by atoms with van der Waals surface area (Å²) in [6.45, 7) is 4.73. The van der Waals surface area contributed by atoms with E-state index < -0.39 is 0 Å². The molecule has 8 heteroatoms. The molecule has 0 aliphatic carbocycles. The lowest BCUT2D eigenvalue weighted by Gasteiger charge is -2.15. The molecule has 1 aromatic carbocycles. The van der Waals surface area contributed by atoms with Crippen LogP contribution in [0.3, 0.4) is 0 Å². The van der Waals surface area contributed by atoms with Crippen LogP contribution in [-0.4, -0.2) is 37.3 Å². The molecule has 0 aliphatic heterocycles. The standard InChI is InChI=1S/C18H21N7O/c1-3-13(10-26)22-18-23-16(15-17(24-18)25(4-2)11-20-15)21-14-7-5-6-12(8-14)9-19/h5-8,11,13,26H,3-4,10H2,1-2H3,(H2,21,22,23,24). The van der Waals surface area contributed by atoms with Gasteiger partial charge in [0.05, 0.1) is 30.6 Å². The minimum Gasteiger partial charge on any atom is -0.394 e. The number of aliphatic hydroxyl groups is 1. The predicted octanol–water partition coefficient (Wildman–Crippen LogP) is 2.64. The smallest absolute Gasteiger partial charge is 0.227 e. The number of aromatic nitrogens is 4. The molecule has 1 atom stereocenters. The quantitative estimate of drug-likeness (QED) is 0.600. The minimum absolute atomic E-state index is 0.00207. The van der Waals surface area contributed by atoms with Gasteiger partial charge in [-0.25, -0.2) is 4.98 Å². The van der Waals surface area contributed by atoms with Gasteiger partial charge in [-0.2, -0.15) is 15.2 Å². The number of nitrogens with one attached hydrogen (secondary N) is 2. The molecule has 0 radical (unpaired) electrons. The zero-order chi connectivity index (χ0) is 18.5. The average Bonchev–Trinajstić information content (AvgIpc) is 3.09. The van der Waals surface area contributed by atoms with Crippen molar-refractivity contribution in [1.29, 1.82) is 5.26 Å². The van der Waals surface area contributed by atoms with Crippen LogP contribution < -0.4 is 10.6 Å². The van der Waals surface area contributed by atoms with E-state index in [4.69, 9.17) is 5.26 Å². The Morgan fingerprint density at radius 1 is 1.31 bits per heavy atom. The number of rotatable bonds is 7. The van der Waals surface area contributed by atoms with Gasteiger partial charge >= 0.3 is 0 Å². The van der Waals surface area contributed by atoms with Crippen molar-refractivity contribution >= 4 is 28.6 Å². The third-order valence-electron chi connectivity index (χ3n) is 4.11. The number of anilines is 3. The maximum Gasteiger partial charge on any atom is 0.227 e. The maximum atomic E-state index is 9.44. The highest BCUT2D eigenvalue weighted by Gasteiger charge is 2.15. The first-order valence-corrected chi connectivity index (χ1v) is 8.55.